The fraction of sp³-hybridized carbons (Fsp3) is 0.632. The van der Waals surface area contributed by atoms with Crippen molar-refractivity contribution in [3.63, 3.8) is 0 Å². The number of rotatable bonds is 2. The van der Waals surface area contributed by atoms with Crippen molar-refractivity contribution in [2.75, 3.05) is 18.0 Å². The van der Waals surface area contributed by atoms with Gasteiger partial charge in [-0.1, -0.05) is 0 Å². The molecule has 2 fully saturated rings. The Balaban J connectivity index is 1.60. The highest BCUT2D eigenvalue weighted by molar-refractivity contribution is 9.10. The maximum absolute atomic E-state index is 13.8. The van der Waals surface area contributed by atoms with E-state index in [9.17, 15) is 14.4 Å². The quantitative estimate of drug-likeness (QED) is 0.735. The smallest absolute Gasteiger partial charge is 0.239 e. The standard InChI is InChI=1S/C19H22BrFN4O/c1-18(2)16-15(6-12(20)9-23-16)25(17(18)26)14-7-19(8-14,11-22)24-5-3-4-13(21)10-24/h6,9,13-14H,3-5,7-8,10H2,1-2H3/t13-,14?,19?/m0/s1. The summed E-state index contributed by atoms with van der Waals surface area (Å²) in [5.41, 5.74) is 0.285. The number of nitriles is 1. The summed E-state index contributed by atoms with van der Waals surface area (Å²) in [6.07, 6.45) is 3.33. The van der Waals surface area contributed by atoms with Gasteiger partial charge in [0, 0.05) is 36.1 Å². The summed E-state index contributed by atoms with van der Waals surface area (Å²) in [5, 5.41) is 9.81. The second kappa shape index (κ2) is 6.00. The van der Waals surface area contributed by atoms with Crippen LogP contribution in [-0.4, -0.2) is 46.6 Å². The Bertz CT molecular complexity index is 799. The number of hydrogen-bond donors (Lipinski definition) is 0. The highest BCUT2D eigenvalue weighted by Gasteiger charge is 2.57. The third-order valence-corrected chi connectivity index (χ3v) is 6.56. The van der Waals surface area contributed by atoms with Crippen LogP contribution >= 0.6 is 15.9 Å². The first-order valence-corrected chi connectivity index (χ1v) is 9.88. The minimum atomic E-state index is -0.860. The second-order valence-corrected chi connectivity index (χ2v) is 9.13. The molecule has 1 saturated carbocycles. The van der Waals surface area contributed by atoms with E-state index in [1.54, 1.807) is 6.20 Å². The van der Waals surface area contributed by atoms with E-state index < -0.39 is 17.1 Å². The van der Waals surface area contributed by atoms with Crippen LogP contribution in [0.1, 0.15) is 45.2 Å². The zero-order valence-electron chi connectivity index (χ0n) is 15.0. The third kappa shape index (κ3) is 2.49. The molecule has 7 heteroatoms. The normalized spacial score (nSPS) is 33.5. The van der Waals surface area contributed by atoms with Gasteiger partial charge in [0.2, 0.25) is 5.91 Å². The maximum atomic E-state index is 13.8. The molecule has 0 bridgehead atoms. The lowest BCUT2D eigenvalue weighted by Gasteiger charge is -2.53. The van der Waals surface area contributed by atoms with Gasteiger partial charge in [-0.05, 0) is 55.2 Å². The molecule has 1 aliphatic carbocycles. The van der Waals surface area contributed by atoms with Crippen LogP contribution in [0.3, 0.4) is 0 Å². The van der Waals surface area contributed by atoms with Gasteiger partial charge < -0.3 is 4.90 Å². The number of aromatic nitrogens is 1. The van der Waals surface area contributed by atoms with Crippen LogP contribution in [-0.2, 0) is 10.2 Å². The number of likely N-dealkylation sites (tertiary alicyclic amines) is 1. The van der Waals surface area contributed by atoms with Crippen LogP contribution in [0.25, 0.3) is 0 Å². The van der Waals surface area contributed by atoms with Gasteiger partial charge in [0.05, 0.1) is 22.9 Å². The predicted molar refractivity (Wildman–Crippen MR) is 99.5 cm³/mol. The molecule has 0 aromatic carbocycles. The Morgan fingerprint density at radius 1 is 1.42 bits per heavy atom. The van der Waals surface area contributed by atoms with E-state index in [1.807, 2.05) is 29.7 Å². The van der Waals surface area contributed by atoms with Crippen molar-refractivity contribution in [1.29, 1.82) is 5.26 Å². The zero-order valence-corrected chi connectivity index (χ0v) is 16.6. The Morgan fingerprint density at radius 3 is 2.81 bits per heavy atom. The minimum Gasteiger partial charge on any atom is -0.306 e. The van der Waals surface area contributed by atoms with Crippen molar-refractivity contribution in [2.24, 2.45) is 0 Å². The Morgan fingerprint density at radius 2 is 2.15 bits per heavy atom. The lowest BCUT2D eigenvalue weighted by Crippen LogP contribution is -2.65. The summed E-state index contributed by atoms with van der Waals surface area (Å²) in [6, 6.07) is 4.31. The first kappa shape index (κ1) is 17.9. The lowest BCUT2D eigenvalue weighted by atomic mass is 9.70. The van der Waals surface area contributed by atoms with E-state index in [2.05, 4.69) is 27.0 Å². The van der Waals surface area contributed by atoms with E-state index in [0.29, 0.717) is 25.8 Å². The fourth-order valence-corrected chi connectivity index (χ4v) is 4.92. The first-order valence-electron chi connectivity index (χ1n) is 9.08. The van der Waals surface area contributed by atoms with Gasteiger partial charge in [-0.15, -0.1) is 0 Å². The Labute approximate surface area is 161 Å². The molecular weight excluding hydrogens is 399 g/mol. The van der Waals surface area contributed by atoms with E-state index >= 15 is 0 Å². The van der Waals surface area contributed by atoms with Gasteiger partial charge >= 0.3 is 0 Å². The molecule has 138 valence electrons. The van der Waals surface area contributed by atoms with E-state index in [1.165, 1.54) is 0 Å². The molecule has 1 atom stereocenters. The number of carbonyl (C=O) groups is 1. The van der Waals surface area contributed by atoms with Crippen LogP contribution in [0.2, 0.25) is 0 Å². The number of pyridine rings is 1. The zero-order chi connectivity index (χ0) is 18.7. The number of nitrogens with zero attached hydrogens (tertiary/aromatic N) is 4. The Kier molecular flexibility index (Phi) is 4.12. The Hall–Kier alpha value is -1.52. The van der Waals surface area contributed by atoms with Crippen LogP contribution in [0, 0.1) is 11.3 Å². The van der Waals surface area contributed by atoms with Crippen LogP contribution in [0.15, 0.2) is 16.7 Å². The second-order valence-electron chi connectivity index (χ2n) is 8.21. The molecule has 0 radical (unpaired) electrons. The van der Waals surface area contributed by atoms with E-state index in [4.69, 9.17) is 0 Å². The summed E-state index contributed by atoms with van der Waals surface area (Å²) in [4.78, 5) is 21.4. The van der Waals surface area contributed by atoms with E-state index in [0.717, 1.165) is 28.8 Å². The lowest BCUT2D eigenvalue weighted by molar-refractivity contribution is -0.123. The number of fused-ring (bicyclic) bond motifs is 1. The molecule has 3 heterocycles. The molecule has 0 unspecified atom stereocenters. The molecule has 26 heavy (non-hydrogen) atoms. The summed E-state index contributed by atoms with van der Waals surface area (Å²) >= 11 is 3.44. The molecule has 0 spiro atoms. The summed E-state index contributed by atoms with van der Waals surface area (Å²) < 4.78 is 14.7. The average molecular weight is 421 g/mol. The third-order valence-electron chi connectivity index (χ3n) is 6.13. The van der Waals surface area contributed by atoms with Gasteiger partial charge in [0.1, 0.15) is 11.7 Å². The number of alkyl halides is 1. The largest absolute Gasteiger partial charge is 0.306 e. The van der Waals surface area contributed by atoms with Gasteiger partial charge in [0.15, 0.2) is 0 Å². The van der Waals surface area contributed by atoms with Crippen molar-refractivity contribution in [3.05, 3.63) is 22.4 Å². The molecule has 5 nitrogen and oxygen atoms in total. The van der Waals surface area contributed by atoms with Crippen molar-refractivity contribution in [1.82, 2.24) is 9.88 Å². The van der Waals surface area contributed by atoms with Crippen molar-refractivity contribution in [2.45, 2.75) is 62.7 Å². The topological polar surface area (TPSA) is 60.2 Å². The number of piperidine rings is 1. The molecule has 1 aromatic heterocycles. The predicted octanol–water partition coefficient (Wildman–Crippen LogP) is 3.33. The molecule has 0 N–H and O–H groups in total. The molecule has 2 aliphatic heterocycles. The van der Waals surface area contributed by atoms with E-state index in [-0.39, 0.29) is 11.9 Å². The molecular formula is C19H22BrFN4O. The number of anilines is 1. The maximum Gasteiger partial charge on any atom is 0.239 e. The minimum absolute atomic E-state index is 0.0247. The fourth-order valence-electron chi connectivity index (χ4n) is 4.60. The van der Waals surface area contributed by atoms with Crippen molar-refractivity contribution < 1.29 is 9.18 Å². The monoisotopic (exact) mass is 420 g/mol. The molecule has 1 saturated heterocycles. The summed E-state index contributed by atoms with van der Waals surface area (Å²) in [6.45, 7) is 4.86. The first-order chi connectivity index (χ1) is 12.3. The molecule has 1 amide bonds. The average Bonchev–Trinajstić information content (AvgIpc) is 2.75. The number of hydrogen-bond acceptors (Lipinski definition) is 4. The van der Waals surface area contributed by atoms with Crippen LogP contribution in [0.4, 0.5) is 10.1 Å². The summed E-state index contributed by atoms with van der Waals surface area (Å²) in [5.74, 6) is 0.0247. The number of carbonyl (C=O) groups excluding carboxylic acids is 1. The van der Waals surface area contributed by atoms with Crippen LogP contribution in [0.5, 0.6) is 0 Å². The van der Waals surface area contributed by atoms with Gasteiger partial charge in [0.25, 0.3) is 0 Å². The molecule has 4 rings (SSSR count). The van der Waals surface area contributed by atoms with Crippen LogP contribution < -0.4 is 4.90 Å². The highest BCUT2D eigenvalue weighted by Crippen LogP contribution is 2.49. The number of amides is 1. The molecule has 3 aliphatic rings. The van der Waals surface area contributed by atoms with Gasteiger partial charge in [-0.2, -0.15) is 5.26 Å². The molecule has 1 aromatic rings. The summed E-state index contributed by atoms with van der Waals surface area (Å²) in [7, 11) is 0. The van der Waals surface area contributed by atoms with Crippen molar-refractivity contribution >= 4 is 27.5 Å². The highest BCUT2D eigenvalue weighted by atomic mass is 79.9. The van der Waals surface area contributed by atoms with Gasteiger partial charge in [-0.3, -0.25) is 14.7 Å². The van der Waals surface area contributed by atoms with Gasteiger partial charge in [-0.25, -0.2) is 4.39 Å². The SMILES string of the molecule is CC1(C)C(=O)N(C2CC(C#N)(N3CCC[C@H](F)C3)C2)c2cc(Br)cnc21. The number of halogens is 2. The van der Waals surface area contributed by atoms with Crippen molar-refractivity contribution in [3.8, 4) is 6.07 Å².